The van der Waals surface area contributed by atoms with Crippen LogP contribution < -0.4 is 4.74 Å². The van der Waals surface area contributed by atoms with Gasteiger partial charge < -0.3 is 4.74 Å². The van der Waals surface area contributed by atoms with Gasteiger partial charge in [0.2, 0.25) is 0 Å². The Kier molecular flexibility index (Phi) is 5.80. The van der Waals surface area contributed by atoms with E-state index in [2.05, 4.69) is 11.1 Å². The molecule has 4 aromatic rings. The lowest BCUT2D eigenvalue weighted by atomic mass is 10.1. The van der Waals surface area contributed by atoms with E-state index in [4.69, 9.17) is 4.74 Å². The summed E-state index contributed by atoms with van der Waals surface area (Å²) in [5, 5.41) is 12.4. The Morgan fingerprint density at radius 3 is 2.38 bits per heavy atom. The molecular formula is C25H18N2OS. The molecule has 0 aliphatic heterocycles. The zero-order valence-electron chi connectivity index (χ0n) is 15.7. The minimum absolute atomic E-state index is 0.475. The second-order valence-corrected chi connectivity index (χ2v) is 7.24. The van der Waals surface area contributed by atoms with Crippen molar-refractivity contribution in [2.45, 2.75) is 6.61 Å². The maximum absolute atomic E-state index is 9.73. The van der Waals surface area contributed by atoms with E-state index in [0.717, 1.165) is 28.1 Å². The molecule has 0 atom stereocenters. The van der Waals surface area contributed by atoms with Crippen LogP contribution in [0.4, 0.5) is 0 Å². The van der Waals surface area contributed by atoms with Crippen LogP contribution in [0.25, 0.3) is 22.9 Å². The van der Waals surface area contributed by atoms with Crippen molar-refractivity contribution in [1.82, 2.24) is 4.98 Å². The fourth-order valence-electron chi connectivity index (χ4n) is 2.90. The van der Waals surface area contributed by atoms with Gasteiger partial charge in [-0.3, -0.25) is 0 Å². The normalized spacial score (nSPS) is 11.1. The van der Waals surface area contributed by atoms with Crippen LogP contribution in [-0.2, 0) is 6.61 Å². The Morgan fingerprint density at radius 2 is 1.62 bits per heavy atom. The number of benzene rings is 3. The van der Waals surface area contributed by atoms with Gasteiger partial charge in [-0.05, 0) is 17.7 Å². The first-order chi connectivity index (χ1) is 14.3. The van der Waals surface area contributed by atoms with Gasteiger partial charge in [-0.1, -0.05) is 78.9 Å². The lowest BCUT2D eigenvalue weighted by Crippen LogP contribution is -1.96. The van der Waals surface area contributed by atoms with Crippen molar-refractivity contribution in [3.8, 4) is 23.1 Å². The average molecular weight is 394 g/mol. The molecule has 4 rings (SSSR count). The van der Waals surface area contributed by atoms with Gasteiger partial charge in [-0.25, -0.2) is 4.98 Å². The molecule has 0 fully saturated rings. The molecule has 0 unspecified atom stereocenters. The van der Waals surface area contributed by atoms with Crippen molar-refractivity contribution in [3.63, 3.8) is 0 Å². The summed E-state index contributed by atoms with van der Waals surface area (Å²) < 4.78 is 6.01. The molecule has 3 aromatic carbocycles. The monoisotopic (exact) mass is 394 g/mol. The number of thiazole rings is 1. The van der Waals surface area contributed by atoms with E-state index in [1.54, 1.807) is 0 Å². The molecule has 0 amide bonds. The number of rotatable bonds is 6. The van der Waals surface area contributed by atoms with Crippen LogP contribution in [-0.4, -0.2) is 4.98 Å². The third-order valence-electron chi connectivity index (χ3n) is 4.38. The predicted octanol–water partition coefficient (Wildman–Crippen LogP) is 6.45. The summed E-state index contributed by atoms with van der Waals surface area (Å²) >= 11 is 1.47. The predicted molar refractivity (Wildman–Crippen MR) is 118 cm³/mol. The molecule has 4 heteroatoms. The maximum Gasteiger partial charge on any atom is 0.134 e. The second kappa shape index (κ2) is 9.01. The van der Waals surface area contributed by atoms with E-state index in [1.165, 1.54) is 11.3 Å². The molecule has 0 aliphatic carbocycles. The summed E-state index contributed by atoms with van der Waals surface area (Å²) in [6.45, 7) is 0.475. The Balaban J connectivity index is 1.60. The van der Waals surface area contributed by atoms with E-state index >= 15 is 0 Å². The third kappa shape index (κ3) is 4.60. The van der Waals surface area contributed by atoms with Crippen molar-refractivity contribution in [2.75, 3.05) is 0 Å². The number of nitriles is 1. The first-order valence-electron chi connectivity index (χ1n) is 9.22. The first-order valence-corrected chi connectivity index (χ1v) is 10.1. The number of hydrogen-bond acceptors (Lipinski definition) is 4. The van der Waals surface area contributed by atoms with Gasteiger partial charge >= 0.3 is 0 Å². The van der Waals surface area contributed by atoms with Crippen LogP contribution in [0.3, 0.4) is 0 Å². The van der Waals surface area contributed by atoms with Crippen LogP contribution in [0.15, 0.2) is 90.3 Å². The SMILES string of the molecule is N#CC(=Cc1ccccc1OCc1ccccc1)c1nc(-c2ccccc2)cs1. The summed E-state index contributed by atoms with van der Waals surface area (Å²) in [6, 6.07) is 30.0. The number of hydrogen-bond donors (Lipinski definition) is 0. The highest BCUT2D eigenvalue weighted by atomic mass is 32.1. The molecule has 0 N–H and O–H groups in total. The third-order valence-corrected chi connectivity index (χ3v) is 5.26. The second-order valence-electron chi connectivity index (χ2n) is 6.39. The Labute approximate surface area is 174 Å². The number of nitrogens with zero attached hydrogens (tertiary/aromatic N) is 2. The van der Waals surface area contributed by atoms with Crippen molar-refractivity contribution >= 4 is 23.0 Å². The van der Waals surface area contributed by atoms with Crippen LogP contribution in [0.5, 0.6) is 5.75 Å². The summed E-state index contributed by atoms with van der Waals surface area (Å²) in [6.07, 6.45) is 1.84. The van der Waals surface area contributed by atoms with E-state index in [1.807, 2.05) is 96.4 Å². The van der Waals surface area contributed by atoms with E-state index in [-0.39, 0.29) is 0 Å². The fraction of sp³-hybridized carbons (Fsp3) is 0.0400. The Hall–Kier alpha value is -3.68. The Bertz CT molecular complexity index is 1160. The number of allylic oxidation sites excluding steroid dienone is 1. The van der Waals surface area contributed by atoms with Gasteiger partial charge in [0.25, 0.3) is 0 Å². The molecule has 0 saturated carbocycles. The maximum atomic E-state index is 9.73. The minimum atomic E-state index is 0.475. The molecule has 1 heterocycles. The van der Waals surface area contributed by atoms with Gasteiger partial charge in [-0.15, -0.1) is 11.3 Å². The van der Waals surface area contributed by atoms with Crippen LogP contribution >= 0.6 is 11.3 Å². The average Bonchev–Trinajstić information content (AvgIpc) is 3.28. The molecular weight excluding hydrogens is 376 g/mol. The molecule has 0 saturated heterocycles. The highest BCUT2D eigenvalue weighted by Gasteiger charge is 2.10. The molecule has 1 aromatic heterocycles. The molecule has 140 valence electrons. The molecule has 3 nitrogen and oxygen atoms in total. The molecule has 0 spiro atoms. The van der Waals surface area contributed by atoms with Crippen molar-refractivity contribution in [2.24, 2.45) is 0 Å². The molecule has 0 bridgehead atoms. The zero-order valence-corrected chi connectivity index (χ0v) is 16.5. The minimum Gasteiger partial charge on any atom is -0.488 e. The fourth-order valence-corrected chi connectivity index (χ4v) is 3.70. The standard InChI is InChI=1S/C25H18N2OS/c26-16-22(25-27-23(18-29-25)20-11-5-2-6-12-20)15-21-13-7-8-14-24(21)28-17-19-9-3-1-4-10-19/h1-15,18H,17H2. The van der Waals surface area contributed by atoms with E-state index in [0.29, 0.717) is 17.2 Å². The number of para-hydroxylation sites is 1. The van der Waals surface area contributed by atoms with Gasteiger partial charge in [0.1, 0.15) is 23.4 Å². The largest absolute Gasteiger partial charge is 0.488 e. The smallest absolute Gasteiger partial charge is 0.134 e. The quantitative estimate of drug-likeness (QED) is 0.353. The first kappa shape index (κ1) is 18.7. The summed E-state index contributed by atoms with van der Waals surface area (Å²) in [4.78, 5) is 4.66. The van der Waals surface area contributed by atoms with Crippen molar-refractivity contribution in [1.29, 1.82) is 5.26 Å². The summed E-state index contributed by atoms with van der Waals surface area (Å²) in [5.41, 5.74) is 4.39. The lowest BCUT2D eigenvalue weighted by molar-refractivity contribution is 0.305. The van der Waals surface area contributed by atoms with Crippen molar-refractivity contribution < 1.29 is 4.74 Å². The van der Waals surface area contributed by atoms with Gasteiger partial charge in [0.15, 0.2) is 0 Å². The summed E-state index contributed by atoms with van der Waals surface area (Å²) in [5.74, 6) is 0.740. The lowest BCUT2D eigenvalue weighted by Gasteiger charge is -2.09. The molecule has 29 heavy (non-hydrogen) atoms. The van der Waals surface area contributed by atoms with Gasteiger partial charge in [0, 0.05) is 16.5 Å². The van der Waals surface area contributed by atoms with Gasteiger partial charge in [-0.2, -0.15) is 5.26 Å². The van der Waals surface area contributed by atoms with Crippen LogP contribution in [0, 0.1) is 11.3 Å². The zero-order chi connectivity index (χ0) is 19.9. The molecule has 0 radical (unpaired) electrons. The summed E-state index contributed by atoms with van der Waals surface area (Å²) in [7, 11) is 0. The Morgan fingerprint density at radius 1 is 0.931 bits per heavy atom. The molecule has 0 aliphatic rings. The van der Waals surface area contributed by atoms with E-state index < -0.39 is 0 Å². The van der Waals surface area contributed by atoms with Crippen LogP contribution in [0.1, 0.15) is 16.1 Å². The van der Waals surface area contributed by atoms with Crippen LogP contribution in [0.2, 0.25) is 0 Å². The van der Waals surface area contributed by atoms with Gasteiger partial charge in [0.05, 0.1) is 11.3 Å². The number of ether oxygens (including phenoxy) is 1. The number of aromatic nitrogens is 1. The van der Waals surface area contributed by atoms with E-state index in [9.17, 15) is 5.26 Å². The highest BCUT2D eigenvalue weighted by molar-refractivity contribution is 7.11. The van der Waals surface area contributed by atoms with Crippen molar-refractivity contribution in [3.05, 3.63) is 106 Å². The highest BCUT2D eigenvalue weighted by Crippen LogP contribution is 2.29. The topological polar surface area (TPSA) is 45.9 Å².